The molecule has 0 nitrogen and oxygen atoms in total. The summed E-state index contributed by atoms with van der Waals surface area (Å²) in [6.07, 6.45) is 5.12. The van der Waals surface area contributed by atoms with E-state index in [9.17, 15) is 8.78 Å². The summed E-state index contributed by atoms with van der Waals surface area (Å²) in [6.45, 7) is 15.2. The zero-order valence-corrected chi connectivity index (χ0v) is 21.5. The highest BCUT2D eigenvalue weighted by Crippen LogP contribution is 2.45. The van der Waals surface area contributed by atoms with Crippen LogP contribution in [0.4, 0.5) is 8.78 Å². The lowest BCUT2D eigenvalue weighted by Gasteiger charge is -2.41. The lowest BCUT2D eigenvalue weighted by molar-refractivity contribution is 0.0988. The molecule has 0 amide bonds. The summed E-state index contributed by atoms with van der Waals surface area (Å²) < 4.78 is 26.9. The van der Waals surface area contributed by atoms with E-state index < -0.39 is 5.83 Å². The van der Waals surface area contributed by atoms with E-state index in [4.69, 9.17) is 0 Å². The average molecular weight is 453 g/mol. The number of aryl methyl sites for hydroxylation is 1. The van der Waals surface area contributed by atoms with Gasteiger partial charge < -0.3 is 0 Å². The van der Waals surface area contributed by atoms with Crippen LogP contribution in [-0.2, 0) is 0 Å². The fourth-order valence-electron chi connectivity index (χ4n) is 5.26. The predicted molar refractivity (Wildman–Crippen MR) is 139 cm³/mol. The quantitative estimate of drug-likeness (QED) is 0.409. The molecule has 0 bridgehead atoms. The molecule has 3 atom stereocenters. The van der Waals surface area contributed by atoms with E-state index in [-0.39, 0.29) is 17.2 Å². The van der Waals surface area contributed by atoms with Crippen LogP contribution in [0.15, 0.2) is 78.4 Å². The lowest BCUT2D eigenvalue weighted by Crippen LogP contribution is -2.34. The maximum atomic E-state index is 13.5. The van der Waals surface area contributed by atoms with Crippen LogP contribution in [0.3, 0.4) is 0 Å². The number of benzene rings is 2. The van der Waals surface area contributed by atoms with Gasteiger partial charge in [-0.15, -0.1) is 0 Å². The van der Waals surface area contributed by atoms with Gasteiger partial charge in [0, 0.05) is 18.4 Å². The largest absolute Gasteiger partial charge is 0.212 e. The average Bonchev–Trinajstić information content (AvgIpc) is 2.77. The van der Waals surface area contributed by atoms with E-state index in [0.29, 0.717) is 24.2 Å². The molecular formula is C31H42F2. The second-order valence-corrected chi connectivity index (χ2v) is 10.5. The topological polar surface area (TPSA) is 0 Å². The molecule has 0 aliphatic heterocycles. The molecular weight excluding hydrogens is 410 g/mol. The van der Waals surface area contributed by atoms with Gasteiger partial charge in [-0.2, -0.15) is 0 Å². The molecule has 0 fully saturated rings. The van der Waals surface area contributed by atoms with Crippen molar-refractivity contribution in [2.45, 2.75) is 73.6 Å². The van der Waals surface area contributed by atoms with Crippen molar-refractivity contribution in [2.24, 2.45) is 23.2 Å². The van der Waals surface area contributed by atoms with Gasteiger partial charge in [0.05, 0.1) is 0 Å². The van der Waals surface area contributed by atoms with Crippen LogP contribution in [0, 0.1) is 30.1 Å². The van der Waals surface area contributed by atoms with Gasteiger partial charge in [0.25, 0.3) is 0 Å². The molecule has 2 heteroatoms. The fourth-order valence-corrected chi connectivity index (χ4v) is 5.26. The number of halogens is 2. The molecule has 0 saturated carbocycles. The summed E-state index contributed by atoms with van der Waals surface area (Å²) in [5.41, 5.74) is 4.14. The van der Waals surface area contributed by atoms with Crippen molar-refractivity contribution in [3.8, 4) is 0 Å². The van der Waals surface area contributed by atoms with E-state index in [1.54, 1.807) is 6.08 Å². The highest BCUT2D eigenvalue weighted by atomic mass is 19.1. The molecule has 0 aromatic heterocycles. The van der Waals surface area contributed by atoms with E-state index in [0.717, 1.165) is 18.9 Å². The molecule has 2 aromatic carbocycles. The Bertz CT molecular complexity index is 896. The minimum Gasteiger partial charge on any atom is -0.212 e. The van der Waals surface area contributed by atoms with Gasteiger partial charge in [-0.05, 0) is 47.3 Å². The van der Waals surface area contributed by atoms with E-state index in [1.807, 2.05) is 0 Å². The van der Waals surface area contributed by atoms with Crippen molar-refractivity contribution in [1.82, 2.24) is 0 Å². The van der Waals surface area contributed by atoms with Gasteiger partial charge in [0.1, 0.15) is 11.7 Å². The molecule has 1 aliphatic carbocycles. The SMILES string of the molecule is CCC(CC)C(C1C=C(F)C=C(F)C1)C(C)(C)C.Cc1ccc(C(C)c2ccccc2)cc1. The molecule has 3 rings (SSSR count). The molecule has 1 aliphatic rings. The molecule has 3 unspecified atom stereocenters. The Labute approximate surface area is 200 Å². The van der Waals surface area contributed by atoms with Crippen molar-refractivity contribution >= 4 is 0 Å². The van der Waals surface area contributed by atoms with Crippen molar-refractivity contribution in [3.63, 3.8) is 0 Å². The summed E-state index contributed by atoms with van der Waals surface area (Å²) in [7, 11) is 0. The van der Waals surface area contributed by atoms with Crippen molar-refractivity contribution in [3.05, 3.63) is 95.1 Å². The standard InChI is InChI=1S/C16H26F2.C15H16/c1-6-11(7-2)15(16(3,4)5)12-8-13(17)10-14(18)9-12;1-12-8-10-15(11-9-12)13(2)14-6-4-3-5-7-14/h8,10-12,15H,6-7,9H2,1-5H3;3-11,13H,1-2H3. The molecule has 33 heavy (non-hydrogen) atoms. The van der Waals surface area contributed by atoms with Gasteiger partial charge in [-0.3, -0.25) is 0 Å². The molecule has 0 N–H and O–H groups in total. The van der Waals surface area contributed by atoms with Crippen LogP contribution in [0.25, 0.3) is 0 Å². The van der Waals surface area contributed by atoms with Crippen molar-refractivity contribution in [2.75, 3.05) is 0 Å². The van der Waals surface area contributed by atoms with E-state index in [1.165, 1.54) is 16.7 Å². The zero-order chi connectivity index (χ0) is 24.6. The molecule has 0 radical (unpaired) electrons. The smallest absolute Gasteiger partial charge is 0.122 e. The highest BCUT2D eigenvalue weighted by Gasteiger charge is 2.37. The Kier molecular flexibility index (Phi) is 10.1. The lowest BCUT2D eigenvalue weighted by atomic mass is 9.63. The van der Waals surface area contributed by atoms with Crippen LogP contribution in [-0.4, -0.2) is 0 Å². The normalized spacial score (nSPS) is 18.1. The second kappa shape index (κ2) is 12.3. The first kappa shape index (κ1) is 27.0. The Hall–Kier alpha value is -2.22. The minimum atomic E-state index is -0.413. The van der Waals surface area contributed by atoms with Gasteiger partial charge in [-0.25, -0.2) is 8.78 Å². The summed E-state index contributed by atoms with van der Waals surface area (Å²) in [5.74, 6) is 0.568. The molecule has 0 heterocycles. The van der Waals surface area contributed by atoms with Crippen LogP contribution in [0.2, 0.25) is 0 Å². The summed E-state index contributed by atoms with van der Waals surface area (Å²) in [4.78, 5) is 0. The Morgan fingerprint density at radius 1 is 0.879 bits per heavy atom. The number of allylic oxidation sites excluding steroid dienone is 4. The number of hydrogen-bond donors (Lipinski definition) is 0. The van der Waals surface area contributed by atoms with Crippen LogP contribution in [0.5, 0.6) is 0 Å². The molecule has 0 saturated heterocycles. The first-order valence-electron chi connectivity index (χ1n) is 12.4. The molecule has 0 spiro atoms. The van der Waals surface area contributed by atoms with Crippen molar-refractivity contribution in [1.29, 1.82) is 0 Å². The first-order chi connectivity index (χ1) is 15.6. The summed E-state index contributed by atoms with van der Waals surface area (Å²) >= 11 is 0. The summed E-state index contributed by atoms with van der Waals surface area (Å²) in [5, 5.41) is 0. The number of rotatable bonds is 6. The Morgan fingerprint density at radius 2 is 1.42 bits per heavy atom. The second-order valence-electron chi connectivity index (χ2n) is 10.5. The van der Waals surface area contributed by atoms with Crippen LogP contribution < -0.4 is 0 Å². The highest BCUT2D eigenvalue weighted by molar-refractivity contribution is 5.33. The van der Waals surface area contributed by atoms with Crippen molar-refractivity contribution < 1.29 is 8.78 Å². The third kappa shape index (κ3) is 7.95. The Morgan fingerprint density at radius 3 is 1.91 bits per heavy atom. The van der Waals surface area contributed by atoms with Gasteiger partial charge in [0.15, 0.2) is 0 Å². The molecule has 2 aromatic rings. The predicted octanol–water partition coefficient (Wildman–Crippen LogP) is 9.96. The monoisotopic (exact) mass is 452 g/mol. The van der Waals surface area contributed by atoms with Crippen LogP contribution in [0.1, 0.15) is 83.4 Å². The zero-order valence-electron chi connectivity index (χ0n) is 21.5. The maximum absolute atomic E-state index is 13.5. The van der Waals surface area contributed by atoms with Gasteiger partial charge in [-0.1, -0.05) is 115 Å². The third-order valence-electron chi connectivity index (χ3n) is 6.99. The van der Waals surface area contributed by atoms with E-state index in [2.05, 4.69) is 103 Å². The van der Waals surface area contributed by atoms with Crippen LogP contribution >= 0.6 is 0 Å². The summed E-state index contributed by atoms with van der Waals surface area (Å²) in [6, 6.07) is 19.4. The number of hydrogen-bond acceptors (Lipinski definition) is 0. The minimum absolute atomic E-state index is 0.0140. The van der Waals surface area contributed by atoms with Gasteiger partial charge >= 0.3 is 0 Å². The molecule has 180 valence electrons. The Balaban J connectivity index is 0.000000237. The fraction of sp³-hybridized carbons (Fsp3) is 0.484. The third-order valence-corrected chi connectivity index (χ3v) is 6.99. The first-order valence-corrected chi connectivity index (χ1v) is 12.4. The maximum Gasteiger partial charge on any atom is 0.122 e. The van der Waals surface area contributed by atoms with Gasteiger partial charge in [0.2, 0.25) is 0 Å². The van der Waals surface area contributed by atoms with E-state index >= 15 is 0 Å².